The molecule has 62 valence electrons. The van der Waals surface area contributed by atoms with Crippen LogP contribution in [0.2, 0.25) is 0 Å². The maximum absolute atomic E-state index is 2.34. The van der Waals surface area contributed by atoms with E-state index in [2.05, 4.69) is 51.1 Å². The highest BCUT2D eigenvalue weighted by atomic mass is 14.2. The zero-order valence-corrected chi connectivity index (χ0v) is 7.89. The quantitative estimate of drug-likeness (QED) is 0.539. The summed E-state index contributed by atoms with van der Waals surface area (Å²) in [5, 5.41) is 2.81. The smallest absolute Gasteiger partial charge is 0.00498 e. The highest BCUT2D eigenvalue weighted by Gasteiger charge is 2.21. The Labute approximate surface area is 73.2 Å². The van der Waals surface area contributed by atoms with Gasteiger partial charge in [-0.05, 0) is 17.4 Å². The lowest BCUT2D eigenvalue weighted by molar-refractivity contribution is 0.693. The van der Waals surface area contributed by atoms with Crippen molar-refractivity contribution in [2.24, 2.45) is 5.41 Å². The Kier molecular flexibility index (Phi) is 1.41. The minimum absolute atomic E-state index is 0.254. The molecular weight excluding hydrogens is 144 g/mol. The zero-order chi connectivity index (χ0) is 8.77. The van der Waals surface area contributed by atoms with Crippen LogP contribution in [0.3, 0.4) is 0 Å². The topological polar surface area (TPSA) is 0 Å². The fourth-order valence-electron chi connectivity index (χ4n) is 1.81. The van der Waals surface area contributed by atoms with Gasteiger partial charge in [-0.15, -0.1) is 0 Å². The predicted molar refractivity (Wildman–Crippen MR) is 53.0 cm³/mol. The second-order valence-electron chi connectivity index (χ2n) is 4.08. The third-order valence-corrected chi connectivity index (χ3v) is 2.85. The van der Waals surface area contributed by atoms with Gasteiger partial charge in [-0.1, -0.05) is 49.8 Å². The van der Waals surface area contributed by atoms with E-state index in [1.807, 2.05) is 0 Å². The van der Waals surface area contributed by atoms with Gasteiger partial charge >= 0.3 is 0 Å². The number of rotatable bonds is 0. The SMILES string of the molecule is CC1=c2ccccc2=CC1(C)C. The second kappa shape index (κ2) is 2.22. The van der Waals surface area contributed by atoms with Gasteiger partial charge in [0.15, 0.2) is 0 Å². The van der Waals surface area contributed by atoms with Crippen LogP contribution in [0.1, 0.15) is 20.8 Å². The molecule has 1 aromatic rings. The van der Waals surface area contributed by atoms with E-state index in [9.17, 15) is 0 Å². The number of fused-ring (bicyclic) bond motifs is 1. The minimum Gasteiger partial charge on any atom is -0.0669 e. The van der Waals surface area contributed by atoms with Gasteiger partial charge in [-0.3, -0.25) is 0 Å². The highest BCUT2D eigenvalue weighted by Crippen LogP contribution is 2.29. The van der Waals surface area contributed by atoms with Crippen LogP contribution in [0.5, 0.6) is 0 Å². The van der Waals surface area contributed by atoms with E-state index in [1.54, 1.807) is 0 Å². The Balaban J connectivity index is 2.90. The third-order valence-electron chi connectivity index (χ3n) is 2.85. The Morgan fingerprint density at radius 1 is 1.08 bits per heavy atom. The molecule has 12 heavy (non-hydrogen) atoms. The molecule has 0 amide bonds. The Morgan fingerprint density at radius 3 is 2.42 bits per heavy atom. The van der Waals surface area contributed by atoms with E-state index < -0.39 is 0 Å². The summed E-state index contributed by atoms with van der Waals surface area (Å²) in [6.07, 6.45) is 2.34. The van der Waals surface area contributed by atoms with Crippen LogP contribution in [-0.2, 0) is 0 Å². The van der Waals surface area contributed by atoms with Gasteiger partial charge in [-0.2, -0.15) is 0 Å². The molecule has 2 rings (SSSR count). The Hall–Kier alpha value is -1.04. The first-order chi connectivity index (χ1) is 5.61. The van der Waals surface area contributed by atoms with E-state index >= 15 is 0 Å². The van der Waals surface area contributed by atoms with Crippen molar-refractivity contribution in [3.8, 4) is 0 Å². The van der Waals surface area contributed by atoms with Crippen molar-refractivity contribution in [1.82, 2.24) is 0 Å². The predicted octanol–water partition coefficient (Wildman–Crippen LogP) is 1.68. The van der Waals surface area contributed by atoms with Crippen molar-refractivity contribution in [3.63, 3.8) is 0 Å². The molecule has 0 heteroatoms. The molecule has 0 heterocycles. The van der Waals surface area contributed by atoms with Crippen LogP contribution < -0.4 is 10.4 Å². The molecule has 0 radical (unpaired) electrons. The van der Waals surface area contributed by atoms with Crippen LogP contribution in [0, 0.1) is 5.41 Å². The van der Waals surface area contributed by atoms with Crippen molar-refractivity contribution in [2.45, 2.75) is 20.8 Å². The van der Waals surface area contributed by atoms with E-state index in [0.29, 0.717) is 0 Å². The molecule has 0 saturated heterocycles. The lowest BCUT2D eigenvalue weighted by Gasteiger charge is -2.16. The van der Waals surface area contributed by atoms with Gasteiger partial charge in [-0.25, -0.2) is 0 Å². The molecular formula is C12H14. The van der Waals surface area contributed by atoms with Gasteiger partial charge in [0.05, 0.1) is 0 Å². The maximum atomic E-state index is 2.34. The van der Waals surface area contributed by atoms with Crippen molar-refractivity contribution in [2.75, 3.05) is 0 Å². The average molecular weight is 158 g/mol. The molecule has 1 aromatic carbocycles. The van der Waals surface area contributed by atoms with Crippen molar-refractivity contribution < 1.29 is 0 Å². The summed E-state index contributed by atoms with van der Waals surface area (Å²) in [7, 11) is 0. The first-order valence-electron chi connectivity index (χ1n) is 4.40. The van der Waals surface area contributed by atoms with Gasteiger partial charge in [0.1, 0.15) is 0 Å². The summed E-state index contributed by atoms with van der Waals surface area (Å²) in [5.41, 5.74) is 1.74. The third kappa shape index (κ3) is 0.911. The van der Waals surface area contributed by atoms with Crippen LogP contribution in [0.25, 0.3) is 11.6 Å². The van der Waals surface area contributed by atoms with Crippen LogP contribution in [0.15, 0.2) is 24.3 Å². The molecule has 0 nitrogen and oxygen atoms in total. The molecule has 0 aromatic heterocycles. The highest BCUT2D eigenvalue weighted by molar-refractivity contribution is 5.65. The summed E-state index contributed by atoms with van der Waals surface area (Å²) in [4.78, 5) is 0. The van der Waals surface area contributed by atoms with Gasteiger partial charge in [0.25, 0.3) is 0 Å². The maximum Gasteiger partial charge on any atom is 0.00498 e. The molecule has 1 aliphatic carbocycles. The molecule has 0 aliphatic heterocycles. The Bertz CT molecular complexity index is 422. The zero-order valence-electron chi connectivity index (χ0n) is 7.89. The standard InChI is InChI=1S/C12H14/c1-9-11-7-5-4-6-10(11)8-12(9,2)3/h4-8H,1-3H3. The second-order valence-corrected chi connectivity index (χ2v) is 4.08. The monoisotopic (exact) mass is 158 g/mol. The van der Waals surface area contributed by atoms with E-state index in [1.165, 1.54) is 16.0 Å². The summed E-state index contributed by atoms with van der Waals surface area (Å²) in [6.45, 7) is 6.76. The lowest BCUT2D eigenvalue weighted by atomic mass is 9.88. The van der Waals surface area contributed by atoms with Crippen LogP contribution in [0.4, 0.5) is 0 Å². The molecule has 0 bridgehead atoms. The van der Waals surface area contributed by atoms with Gasteiger partial charge < -0.3 is 0 Å². The normalized spacial score (nSPS) is 18.8. The average Bonchev–Trinajstić information content (AvgIpc) is 2.24. The number of hydrogen-bond donors (Lipinski definition) is 0. The van der Waals surface area contributed by atoms with Crippen molar-refractivity contribution >= 4 is 11.6 Å². The molecule has 0 fully saturated rings. The molecule has 0 atom stereocenters. The first-order valence-corrected chi connectivity index (χ1v) is 4.40. The van der Waals surface area contributed by atoms with E-state index in [-0.39, 0.29) is 5.41 Å². The molecule has 0 spiro atoms. The molecule has 0 unspecified atom stereocenters. The van der Waals surface area contributed by atoms with Crippen molar-refractivity contribution in [3.05, 3.63) is 34.7 Å². The largest absolute Gasteiger partial charge is 0.0669 e. The first kappa shape index (κ1) is 7.60. The molecule has 0 saturated carbocycles. The van der Waals surface area contributed by atoms with Crippen LogP contribution >= 0.6 is 0 Å². The fraction of sp³-hybridized carbons (Fsp3) is 0.333. The number of benzene rings is 1. The van der Waals surface area contributed by atoms with Crippen molar-refractivity contribution in [1.29, 1.82) is 0 Å². The summed E-state index contributed by atoms with van der Waals surface area (Å²) in [5.74, 6) is 0. The lowest BCUT2D eigenvalue weighted by Crippen LogP contribution is -2.21. The van der Waals surface area contributed by atoms with E-state index in [4.69, 9.17) is 0 Å². The van der Waals surface area contributed by atoms with E-state index in [0.717, 1.165) is 0 Å². The fourth-order valence-corrected chi connectivity index (χ4v) is 1.81. The van der Waals surface area contributed by atoms with Crippen LogP contribution in [-0.4, -0.2) is 0 Å². The summed E-state index contributed by atoms with van der Waals surface area (Å²) < 4.78 is 0. The van der Waals surface area contributed by atoms with Gasteiger partial charge in [0, 0.05) is 5.41 Å². The Morgan fingerprint density at radius 2 is 1.75 bits per heavy atom. The van der Waals surface area contributed by atoms with Gasteiger partial charge in [0.2, 0.25) is 0 Å². The number of hydrogen-bond acceptors (Lipinski definition) is 0. The minimum atomic E-state index is 0.254. The summed E-state index contributed by atoms with van der Waals surface area (Å²) in [6, 6.07) is 8.60. The molecule has 1 aliphatic rings. The molecule has 0 N–H and O–H groups in total. The summed E-state index contributed by atoms with van der Waals surface area (Å²) >= 11 is 0.